The third-order valence-corrected chi connectivity index (χ3v) is 8.42. The standard InChI is InChI=1S/C27H26F2N4O8.C6H14N2.CH4.Pt/c28-27(29)23(35)19(41-24(27)33-10-8-20(30)32-25(33)36)14-40-26(37)39-13-12-38-11-9-31-17-6-4-15-2-1-3-16-5-7-18(34)22(17)21(15)16;7-5-3-1-2-4-6(5)8;;/h1-8,10,19,23-24,35H,9,11-14H2,(H3,30,31,32,34,36);5-6H,1-4,7-8H2;1H4;/t19-,23+,24-;;;/m1.../s1. The van der Waals surface area contributed by atoms with E-state index in [9.17, 15) is 28.3 Å². The number of halogens is 2. The van der Waals surface area contributed by atoms with Crippen molar-refractivity contribution < 1.29 is 63.5 Å². The SMILES string of the molecule is C.NC1CCCCC1N.Nc1ccn([C@@H]2O[C@H](COC(=O)OCCOCC[N-]c3ccc4cccc5c4c3C(=[OH+])C=C5)[C@H](O)C2(F)F)c(=O)n1.[Pt]. The summed E-state index contributed by atoms with van der Waals surface area (Å²) in [6.07, 6.45) is 1.89. The number of carbonyl (C=O) groups excluding carboxylic acids is 2. The molecule has 1 saturated carbocycles. The molecule has 8 N–H and O–H groups in total. The van der Waals surface area contributed by atoms with Crippen LogP contribution in [0.2, 0.25) is 0 Å². The van der Waals surface area contributed by atoms with Crippen LogP contribution in [0, 0.1) is 0 Å². The zero-order chi connectivity index (χ0) is 35.1. The first-order valence-corrected chi connectivity index (χ1v) is 15.9. The van der Waals surface area contributed by atoms with E-state index in [1.165, 1.54) is 12.8 Å². The van der Waals surface area contributed by atoms with Crippen LogP contribution in [-0.2, 0) is 40.0 Å². The Morgan fingerprint density at radius 3 is 2.49 bits per heavy atom. The van der Waals surface area contributed by atoms with Gasteiger partial charge < -0.3 is 46.6 Å². The van der Waals surface area contributed by atoms with Crippen LogP contribution in [0.3, 0.4) is 0 Å². The molecule has 2 heterocycles. The van der Waals surface area contributed by atoms with Crippen LogP contribution < -0.4 is 22.9 Å². The number of aliphatic hydroxyl groups excluding tert-OH is 1. The Hall–Kier alpha value is -3.79. The molecule has 0 amide bonds. The summed E-state index contributed by atoms with van der Waals surface area (Å²) in [6, 6.07) is 11.3. The number of benzene rings is 2. The summed E-state index contributed by atoms with van der Waals surface area (Å²) in [7, 11) is 0. The summed E-state index contributed by atoms with van der Waals surface area (Å²) in [6.45, 7) is -0.456. The van der Waals surface area contributed by atoms with Gasteiger partial charge >= 0.3 is 23.6 Å². The quantitative estimate of drug-likeness (QED) is 0.131. The van der Waals surface area contributed by atoms with E-state index in [-0.39, 0.29) is 78.5 Å². The Labute approximate surface area is 307 Å². The molecule has 1 aliphatic heterocycles. The molecule has 0 spiro atoms. The molecule has 1 saturated heterocycles. The smallest absolute Gasteiger partial charge is 0.508 e. The van der Waals surface area contributed by atoms with Crippen molar-refractivity contribution in [2.24, 2.45) is 11.5 Å². The summed E-state index contributed by atoms with van der Waals surface area (Å²) in [5.74, 6) is -3.91. The molecule has 3 aromatic rings. The zero-order valence-corrected chi connectivity index (χ0v) is 29.2. The summed E-state index contributed by atoms with van der Waals surface area (Å²) in [5.41, 5.74) is 17.9. The summed E-state index contributed by atoms with van der Waals surface area (Å²) in [4.78, 5) is 37.6. The minimum Gasteiger partial charge on any atom is -0.682 e. The van der Waals surface area contributed by atoms with Gasteiger partial charge in [0.2, 0.25) is 6.23 Å². The Morgan fingerprint density at radius 2 is 1.80 bits per heavy atom. The first-order valence-electron chi connectivity index (χ1n) is 15.9. The summed E-state index contributed by atoms with van der Waals surface area (Å²) in [5, 5.41) is 16.4. The van der Waals surface area contributed by atoms with Gasteiger partial charge in [-0.05, 0) is 35.9 Å². The number of aliphatic hydroxyl groups is 1. The van der Waals surface area contributed by atoms with Crippen molar-refractivity contribution in [1.82, 2.24) is 9.55 Å². The predicted octanol–water partition coefficient (Wildman–Crippen LogP) is 3.52. The Balaban J connectivity index is 0.000000621. The number of nitrogens with two attached hydrogens (primary N) is 3. The number of aromatic nitrogens is 2. The first kappa shape index (κ1) is 41.6. The number of ketones is 1. The normalized spacial score (nSPS) is 22.9. The monoisotopic (exact) mass is 897 g/mol. The number of allylic oxidation sites excluding steroid dienone is 1. The number of alkyl halides is 2. The minimum atomic E-state index is -3.88. The van der Waals surface area contributed by atoms with Gasteiger partial charge in [0.05, 0.1) is 12.2 Å². The van der Waals surface area contributed by atoms with Gasteiger partial charge in [-0.25, -0.2) is 9.59 Å². The number of hydrogen-bond donors (Lipinski definition) is 4. The Kier molecular flexibility index (Phi) is 15.2. The van der Waals surface area contributed by atoms with Crippen molar-refractivity contribution in [3.63, 3.8) is 0 Å². The van der Waals surface area contributed by atoms with Gasteiger partial charge in [-0.2, -0.15) is 13.8 Å². The number of nitrogens with zero attached hydrogens (tertiary/aromatic N) is 3. The third-order valence-electron chi connectivity index (χ3n) is 8.42. The molecule has 1 aromatic heterocycles. The minimum absolute atomic E-state index is 0. The van der Waals surface area contributed by atoms with E-state index >= 15 is 0 Å². The van der Waals surface area contributed by atoms with Crippen molar-refractivity contribution in [2.75, 3.05) is 38.7 Å². The van der Waals surface area contributed by atoms with Gasteiger partial charge in [-0.3, -0.25) is 9.36 Å². The fourth-order valence-electron chi connectivity index (χ4n) is 5.79. The van der Waals surface area contributed by atoms with E-state index < -0.39 is 42.8 Å². The molecule has 3 aliphatic rings. The number of nitrogen functional groups attached to an aromatic ring is 1. The van der Waals surface area contributed by atoms with Gasteiger partial charge in [-0.1, -0.05) is 50.6 Å². The second-order valence-corrected chi connectivity index (χ2v) is 11.8. The van der Waals surface area contributed by atoms with Gasteiger partial charge in [0, 0.05) is 57.4 Å². The molecule has 2 aliphatic carbocycles. The second kappa shape index (κ2) is 18.6. The van der Waals surface area contributed by atoms with Gasteiger partial charge in [0.15, 0.2) is 6.10 Å². The average Bonchev–Trinajstić information content (AvgIpc) is 3.30. The molecule has 0 radical (unpaired) electrons. The number of hydrogen-bond acceptors (Lipinski definition) is 11. The largest absolute Gasteiger partial charge is 0.682 e. The predicted molar refractivity (Wildman–Crippen MR) is 184 cm³/mol. The third kappa shape index (κ3) is 9.96. The van der Waals surface area contributed by atoms with E-state index in [0.717, 1.165) is 41.4 Å². The van der Waals surface area contributed by atoms with Crippen LogP contribution in [-0.4, -0.2) is 94.6 Å². The van der Waals surface area contributed by atoms with Crippen LogP contribution in [0.25, 0.3) is 22.2 Å². The van der Waals surface area contributed by atoms with E-state index in [2.05, 4.69) is 10.3 Å². The average molecular weight is 898 g/mol. The molecule has 51 heavy (non-hydrogen) atoms. The molecule has 17 heteroatoms. The molecule has 14 nitrogen and oxygen atoms in total. The fraction of sp³-hybridized carbons (Fsp3) is 0.471. The molecule has 2 aromatic carbocycles. The van der Waals surface area contributed by atoms with Crippen molar-refractivity contribution in [3.8, 4) is 0 Å². The van der Waals surface area contributed by atoms with Crippen LogP contribution >= 0.6 is 0 Å². The van der Waals surface area contributed by atoms with E-state index in [0.29, 0.717) is 15.8 Å². The summed E-state index contributed by atoms with van der Waals surface area (Å²) >= 11 is 0. The molecule has 2 unspecified atom stereocenters. The van der Waals surface area contributed by atoms with E-state index in [1.54, 1.807) is 6.08 Å². The maximum atomic E-state index is 14.5. The number of anilines is 1. The Bertz CT molecular complexity index is 1730. The van der Waals surface area contributed by atoms with Gasteiger partial charge in [-0.15, -0.1) is 12.2 Å². The fourth-order valence-corrected chi connectivity index (χ4v) is 5.79. The van der Waals surface area contributed by atoms with Crippen LogP contribution in [0.1, 0.15) is 50.5 Å². The summed E-state index contributed by atoms with van der Waals surface area (Å²) < 4.78 is 49.7. The first-order chi connectivity index (χ1) is 23.5. The second-order valence-electron chi connectivity index (χ2n) is 11.8. The van der Waals surface area contributed by atoms with Crippen LogP contribution in [0.5, 0.6) is 0 Å². The zero-order valence-electron chi connectivity index (χ0n) is 26.9. The van der Waals surface area contributed by atoms with Crippen molar-refractivity contribution in [1.29, 1.82) is 0 Å². The van der Waals surface area contributed by atoms with Crippen molar-refractivity contribution in [3.05, 3.63) is 75.6 Å². The molecule has 2 fully saturated rings. The number of ether oxygens (including phenoxy) is 4. The molecule has 6 rings (SSSR count). The molecular formula is C34H44F2N6O8Pt. The van der Waals surface area contributed by atoms with Crippen molar-refractivity contribution >= 4 is 40.3 Å². The van der Waals surface area contributed by atoms with Gasteiger partial charge in [0.1, 0.15) is 25.1 Å². The number of carbonyl (C=O) groups is 1. The topological polar surface area (TPSA) is 223 Å². The molecule has 282 valence electrons. The van der Waals surface area contributed by atoms with Crippen LogP contribution in [0.15, 0.2) is 53.5 Å². The van der Waals surface area contributed by atoms with E-state index in [1.807, 2.05) is 36.4 Å². The van der Waals surface area contributed by atoms with Gasteiger partial charge in [0.25, 0.3) is 0 Å². The molecular weight excluding hydrogens is 853 g/mol. The maximum absolute atomic E-state index is 14.5. The maximum Gasteiger partial charge on any atom is 0.508 e. The van der Waals surface area contributed by atoms with Crippen molar-refractivity contribution in [2.45, 2.75) is 69.6 Å². The molecule has 0 bridgehead atoms. The molecule has 5 atom stereocenters. The Morgan fingerprint density at radius 1 is 1.08 bits per heavy atom. The van der Waals surface area contributed by atoms with Crippen LogP contribution in [0.4, 0.5) is 25.1 Å². The number of rotatable bonds is 10. The van der Waals surface area contributed by atoms with E-state index in [4.69, 9.17) is 36.1 Å².